The number of nitro benzene ring substituents is 1. The van der Waals surface area contributed by atoms with E-state index >= 15 is 0 Å². The molecule has 4 nitrogen and oxygen atoms in total. The second-order valence-corrected chi connectivity index (χ2v) is 4.92. The molecule has 1 N–H and O–H groups in total. The van der Waals surface area contributed by atoms with Gasteiger partial charge in [0.25, 0.3) is 5.69 Å². The lowest BCUT2D eigenvalue weighted by Gasteiger charge is -2.12. The van der Waals surface area contributed by atoms with Crippen LogP contribution in [0.25, 0.3) is 0 Å². The molecule has 0 aliphatic carbocycles. The van der Waals surface area contributed by atoms with Crippen molar-refractivity contribution in [1.29, 1.82) is 0 Å². The summed E-state index contributed by atoms with van der Waals surface area (Å²) in [4.78, 5) is 10.6. The van der Waals surface area contributed by atoms with Gasteiger partial charge in [0.2, 0.25) is 0 Å². The zero-order valence-electron chi connectivity index (χ0n) is 11.9. The number of rotatable bonds is 4. The van der Waals surface area contributed by atoms with E-state index < -0.39 is 0 Å². The Bertz CT molecular complexity index is 651. The van der Waals surface area contributed by atoms with E-state index in [0.29, 0.717) is 6.54 Å². The van der Waals surface area contributed by atoms with Gasteiger partial charge in [0.15, 0.2) is 0 Å². The van der Waals surface area contributed by atoms with Crippen LogP contribution in [0.1, 0.15) is 22.3 Å². The lowest BCUT2D eigenvalue weighted by Crippen LogP contribution is -2.04. The number of aryl methyl sites for hydroxylation is 1. The fraction of sp³-hybridized carbons (Fsp3) is 0.250. The molecule has 0 saturated carbocycles. The quantitative estimate of drug-likeness (QED) is 0.671. The smallest absolute Gasteiger partial charge is 0.272 e. The number of nitrogens with one attached hydrogen (secondary N) is 1. The molecule has 0 atom stereocenters. The number of hydrogen-bond donors (Lipinski definition) is 1. The first-order valence-electron chi connectivity index (χ1n) is 6.53. The van der Waals surface area contributed by atoms with Crippen LogP contribution in [0.3, 0.4) is 0 Å². The third-order valence-corrected chi connectivity index (χ3v) is 3.69. The molecule has 0 aliphatic rings. The number of benzene rings is 2. The van der Waals surface area contributed by atoms with Gasteiger partial charge in [-0.15, -0.1) is 0 Å². The molecule has 0 amide bonds. The summed E-state index contributed by atoms with van der Waals surface area (Å²) in [5, 5.41) is 14.3. The maximum absolute atomic E-state index is 10.9. The SMILES string of the molecule is Cc1cccc(NCc2cccc([N+](=O)[O-])c2C)c1C. The minimum absolute atomic E-state index is 0.172. The third-order valence-electron chi connectivity index (χ3n) is 3.69. The summed E-state index contributed by atoms with van der Waals surface area (Å²) in [6, 6.07) is 11.3. The minimum Gasteiger partial charge on any atom is -0.381 e. The van der Waals surface area contributed by atoms with Crippen LogP contribution in [0.4, 0.5) is 11.4 Å². The van der Waals surface area contributed by atoms with Crippen molar-refractivity contribution in [1.82, 2.24) is 0 Å². The van der Waals surface area contributed by atoms with Crippen LogP contribution in [-0.4, -0.2) is 4.92 Å². The number of nitro groups is 1. The van der Waals surface area contributed by atoms with Crippen LogP contribution in [0.15, 0.2) is 36.4 Å². The van der Waals surface area contributed by atoms with Crippen molar-refractivity contribution in [3.63, 3.8) is 0 Å². The van der Waals surface area contributed by atoms with Crippen LogP contribution in [0.5, 0.6) is 0 Å². The lowest BCUT2D eigenvalue weighted by molar-refractivity contribution is -0.385. The average molecular weight is 270 g/mol. The standard InChI is InChI=1S/C16H18N2O2/c1-11-6-4-8-15(12(11)2)17-10-14-7-5-9-16(13(14)3)18(19)20/h4-9,17H,10H2,1-3H3. The summed E-state index contributed by atoms with van der Waals surface area (Å²) in [7, 11) is 0. The largest absolute Gasteiger partial charge is 0.381 e. The number of nitrogens with zero attached hydrogens (tertiary/aromatic N) is 1. The zero-order valence-corrected chi connectivity index (χ0v) is 11.9. The Hall–Kier alpha value is -2.36. The van der Waals surface area contributed by atoms with E-state index in [-0.39, 0.29) is 10.6 Å². The van der Waals surface area contributed by atoms with Gasteiger partial charge in [-0.1, -0.05) is 24.3 Å². The van der Waals surface area contributed by atoms with Crippen molar-refractivity contribution in [2.24, 2.45) is 0 Å². The molecule has 2 rings (SSSR count). The first-order chi connectivity index (χ1) is 9.50. The monoisotopic (exact) mass is 270 g/mol. The van der Waals surface area contributed by atoms with Crippen LogP contribution >= 0.6 is 0 Å². The van der Waals surface area contributed by atoms with Gasteiger partial charge in [-0.05, 0) is 43.5 Å². The molecule has 0 spiro atoms. The van der Waals surface area contributed by atoms with Gasteiger partial charge >= 0.3 is 0 Å². The number of anilines is 1. The molecule has 0 aliphatic heterocycles. The minimum atomic E-state index is -0.337. The summed E-state index contributed by atoms with van der Waals surface area (Å²) in [6.45, 7) is 6.51. The van der Waals surface area contributed by atoms with E-state index in [9.17, 15) is 10.1 Å². The van der Waals surface area contributed by atoms with Crippen molar-refractivity contribution in [2.75, 3.05) is 5.32 Å². The Morgan fingerprint density at radius 2 is 1.75 bits per heavy atom. The maximum atomic E-state index is 10.9. The van der Waals surface area contributed by atoms with E-state index in [4.69, 9.17) is 0 Å². The molecule has 20 heavy (non-hydrogen) atoms. The Morgan fingerprint density at radius 3 is 2.45 bits per heavy atom. The highest BCUT2D eigenvalue weighted by Gasteiger charge is 2.12. The summed E-state index contributed by atoms with van der Waals surface area (Å²) in [6.07, 6.45) is 0. The van der Waals surface area contributed by atoms with Gasteiger partial charge in [0.05, 0.1) is 4.92 Å². The van der Waals surface area contributed by atoms with Gasteiger partial charge in [0, 0.05) is 23.9 Å². The molecule has 0 saturated heterocycles. The predicted octanol–water partition coefficient (Wildman–Crippen LogP) is 4.13. The topological polar surface area (TPSA) is 55.2 Å². The molecular formula is C16H18N2O2. The highest BCUT2D eigenvalue weighted by Crippen LogP contribution is 2.23. The fourth-order valence-electron chi connectivity index (χ4n) is 2.19. The molecular weight excluding hydrogens is 252 g/mol. The number of hydrogen-bond acceptors (Lipinski definition) is 3. The van der Waals surface area contributed by atoms with Gasteiger partial charge in [-0.3, -0.25) is 10.1 Å². The van der Waals surface area contributed by atoms with E-state index in [0.717, 1.165) is 16.8 Å². The predicted molar refractivity (Wildman–Crippen MR) is 81.1 cm³/mol. The van der Waals surface area contributed by atoms with Gasteiger partial charge in [-0.25, -0.2) is 0 Å². The maximum Gasteiger partial charge on any atom is 0.272 e. The molecule has 4 heteroatoms. The Morgan fingerprint density at radius 1 is 1.05 bits per heavy atom. The highest BCUT2D eigenvalue weighted by atomic mass is 16.6. The average Bonchev–Trinajstić information content (AvgIpc) is 2.41. The van der Waals surface area contributed by atoms with Crippen LogP contribution < -0.4 is 5.32 Å². The van der Waals surface area contributed by atoms with Gasteiger partial charge in [-0.2, -0.15) is 0 Å². The molecule has 0 heterocycles. The van der Waals surface area contributed by atoms with Crippen molar-refractivity contribution in [2.45, 2.75) is 27.3 Å². The zero-order chi connectivity index (χ0) is 14.7. The molecule has 2 aromatic carbocycles. The molecule has 0 radical (unpaired) electrons. The van der Waals surface area contributed by atoms with Gasteiger partial charge in [0.1, 0.15) is 0 Å². The highest BCUT2D eigenvalue weighted by molar-refractivity contribution is 5.55. The Labute approximate surface area is 118 Å². The van der Waals surface area contributed by atoms with Crippen molar-refractivity contribution < 1.29 is 4.92 Å². The van der Waals surface area contributed by atoms with Crippen molar-refractivity contribution in [3.8, 4) is 0 Å². The van der Waals surface area contributed by atoms with E-state index in [1.165, 1.54) is 17.2 Å². The lowest BCUT2D eigenvalue weighted by atomic mass is 10.1. The molecule has 0 aromatic heterocycles. The van der Waals surface area contributed by atoms with Crippen LogP contribution in [0.2, 0.25) is 0 Å². The molecule has 0 unspecified atom stereocenters. The fourth-order valence-corrected chi connectivity index (χ4v) is 2.19. The third kappa shape index (κ3) is 2.79. The normalized spacial score (nSPS) is 10.3. The molecule has 0 bridgehead atoms. The first-order valence-corrected chi connectivity index (χ1v) is 6.53. The van der Waals surface area contributed by atoms with Gasteiger partial charge < -0.3 is 5.32 Å². The second-order valence-electron chi connectivity index (χ2n) is 4.92. The van der Waals surface area contributed by atoms with E-state index in [2.05, 4.69) is 25.2 Å². The summed E-state index contributed by atoms with van der Waals surface area (Å²) < 4.78 is 0. The van der Waals surface area contributed by atoms with Crippen molar-refractivity contribution >= 4 is 11.4 Å². The van der Waals surface area contributed by atoms with Crippen LogP contribution in [-0.2, 0) is 6.54 Å². The molecule has 2 aromatic rings. The summed E-state index contributed by atoms with van der Waals surface area (Å²) >= 11 is 0. The van der Waals surface area contributed by atoms with Crippen molar-refractivity contribution in [3.05, 3.63) is 68.8 Å². The molecule has 104 valence electrons. The molecule has 0 fully saturated rings. The van der Waals surface area contributed by atoms with Crippen LogP contribution in [0, 0.1) is 30.9 Å². The first kappa shape index (κ1) is 14.1. The second kappa shape index (κ2) is 5.74. The summed E-state index contributed by atoms with van der Waals surface area (Å²) in [5.41, 5.74) is 5.33. The van der Waals surface area contributed by atoms with E-state index in [1.807, 2.05) is 18.2 Å². The Kier molecular flexibility index (Phi) is 4.03. The Balaban J connectivity index is 2.21. The summed E-state index contributed by atoms with van der Waals surface area (Å²) in [5.74, 6) is 0. The van der Waals surface area contributed by atoms with E-state index in [1.54, 1.807) is 13.0 Å².